The van der Waals surface area contributed by atoms with Gasteiger partial charge in [-0.15, -0.1) is 11.3 Å². The molecule has 0 unspecified atom stereocenters. The predicted molar refractivity (Wildman–Crippen MR) is 86.7 cm³/mol. The van der Waals surface area contributed by atoms with Gasteiger partial charge in [-0.2, -0.15) is 0 Å². The van der Waals surface area contributed by atoms with Crippen molar-refractivity contribution < 1.29 is 0 Å². The van der Waals surface area contributed by atoms with Gasteiger partial charge in [0.25, 0.3) is 0 Å². The van der Waals surface area contributed by atoms with Crippen molar-refractivity contribution in [3.8, 4) is 10.6 Å². The molecule has 0 aliphatic heterocycles. The molecule has 19 heavy (non-hydrogen) atoms. The number of nitrogens with zero attached hydrogens (tertiary/aromatic N) is 1. The van der Waals surface area contributed by atoms with Crippen molar-refractivity contribution in [3.63, 3.8) is 0 Å². The largest absolute Gasteiger partial charge is 0.330 e. The molecule has 0 spiro atoms. The molecular formula is C15H19BrN2S. The van der Waals surface area contributed by atoms with Crippen LogP contribution >= 0.6 is 27.3 Å². The predicted octanol–water partition coefficient (Wildman–Crippen LogP) is 4.51. The lowest BCUT2D eigenvalue weighted by Crippen LogP contribution is -2.21. The van der Waals surface area contributed by atoms with Crippen molar-refractivity contribution in [2.45, 2.75) is 32.6 Å². The lowest BCUT2D eigenvalue weighted by atomic mass is 9.87. The molecule has 0 fully saturated rings. The van der Waals surface area contributed by atoms with E-state index in [4.69, 9.17) is 10.7 Å². The quantitative estimate of drug-likeness (QED) is 0.890. The third kappa shape index (κ3) is 3.25. The molecule has 1 aromatic carbocycles. The minimum atomic E-state index is 0.0980. The van der Waals surface area contributed by atoms with Gasteiger partial charge in [-0.1, -0.05) is 41.9 Å². The average molecular weight is 339 g/mol. The third-order valence-corrected chi connectivity index (χ3v) is 5.32. The number of halogens is 1. The summed E-state index contributed by atoms with van der Waals surface area (Å²) in [5, 5.41) is 1.08. The first kappa shape index (κ1) is 14.7. The van der Waals surface area contributed by atoms with Gasteiger partial charge in [-0.3, -0.25) is 0 Å². The highest BCUT2D eigenvalue weighted by atomic mass is 79.9. The van der Waals surface area contributed by atoms with E-state index in [9.17, 15) is 0 Å². The Labute approximate surface area is 127 Å². The molecule has 0 radical (unpaired) electrons. The van der Waals surface area contributed by atoms with Crippen molar-refractivity contribution in [2.75, 3.05) is 6.54 Å². The maximum Gasteiger partial charge on any atom is 0.123 e. The van der Waals surface area contributed by atoms with Crippen molar-refractivity contribution in [1.82, 2.24) is 4.98 Å². The average Bonchev–Trinajstić information content (AvgIpc) is 2.72. The van der Waals surface area contributed by atoms with Gasteiger partial charge in [0, 0.05) is 20.3 Å². The van der Waals surface area contributed by atoms with E-state index in [1.54, 1.807) is 11.3 Å². The summed E-state index contributed by atoms with van der Waals surface area (Å²) in [6.07, 6.45) is 0.980. The second-order valence-electron chi connectivity index (χ2n) is 5.37. The summed E-state index contributed by atoms with van der Waals surface area (Å²) in [6, 6.07) is 8.28. The van der Waals surface area contributed by atoms with Gasteiger partial charge in [0.2, 0.25) is 0 Å². The van der Waals surface area contributed by atoms with Crippen molar-refractivity contribution in [3.05, 3.63) is 39.3 Å². The van der Waals surface area contributed by atoms with Crippen molar-refractivity contribution in [2.24, 2.45) is 5.73 Å². The highest BCUT2D eigenvalue weighted by molar-refractivity contribution is 9.10. The van der Waals surface area contributed by atoms with E-state index in [2.05, 4.69) is 48.8 Å². The first-order valence-electron chi connectivity index (χ1n) is 6.38. The lowest BCUT2D eigenvalue weighted by Gasteiger charge is -2.22. The molecule has 0 bridgehead atoms. The number of hydrogen-bond acceptors (Lipinski definition) is 3. The van der Waals surface area contributed by atoms with Gasteiger partial charge >= 0.3 is 0 Å². The molecule has 4 heteroatoms. The molecule has 1 heterocycles. The van der Waals surface area contributed by atoms with Crippen LogP contribution in [0.4, 0.5) is 0 Å². The minimum Gasteiger partial charge on any atom is -0.330 e. The second-order valence-corrected chi connectivity index (χ2v) is 7.28. The van der Waals surface area contributed by atoms with Crippen molar-refractivity contribution >= 4 is 27.3 Å². The Balaban J connectivity index is 2.41. The Kier molecular flexibility index (Phi) is 4.43. The standard InChI is InChI=1S/C15H19BrN2S/c1-10-13(15(2,3)7-8-17)19-14(18-10)11-5-4-6-12(16)9-11/h4-6,9H,7-8,17H2,1-3H3. The lowest BCUT2D eigenvalue weighted by molar-refractivity contribution is 0.494. The Bertz CT molecular complexity index is 575. The summed E-state index contributed by atoms with van der Waals surface area (Å²) in [7, 11) is 0. The Morgan fingerprint density at radius 3 is 2.74 bits per heavy atom. The van der Waals surface area contributed by atoms with Crippen LogP contribution in [-0.4, -0.2) is 11.5 Å². The molecule has 2 rings (SSSR count). The molecule has 0 atom stereocenters. The Morgan fingerprint density at radius 2 is 2.11 bits per heavy atom. The molecule has 0 amide bonds. The van der Waals surface area contributed by atoms with Crippen LogP contribution in [0.25, 0.3) is 10.6 Å². The van der Waals surface area contributed by atoms with E-state index in [-0.39, 0.29) is 5.41 Å². The summed E-state index contributed by atoms with van der Waals surface area (Å²) < 4.78 is 1.08. The van der Waals surface area contributed by atoms with Gasteiger partial charge < -0.3 is 5.73 Å². The minimum absolute atomic E-state index is 0.0980. The third-order valence-electron chi connectivity index (χ3n) is 3.25. The molecule has 2 N–H and O–H groups in total. The molecule has 0 saturated heterocycles. The van der Waals surface area contributed by atoms with Gasteiger partial charge in [0.15, 0.2) is 0 Å². The van der Waals surface area contributed by atoms with E-state index in [0.29, 0.717) is 6.54 Å². The first-order valence-corrected chi connectivity index (χ1v) is 7.99. The molecule has 2 nitrogen and oxygen atoms in total. The summed E-state index contributed by atoms with van der Waals surface area (Å²) in [6.45, 7) is 7.28. The molecular weight excluding hydrogens is 320 g/mol. The van der Waals surface area contributed by atoms with Crippen LogP contribution in [0.3, 0.4) is 0 Å². The highest BCUT2D eigenvalue weighted by Crippen LogP contribution is 2.38. The van der Waals surface area contributed by atoms with Crippen LogP contribution in [0.15, 0.2) is 28.7 Å². The molecule has 0 aliphatic carbocycles. The SMILES string of the molecule is Cc1nc(-c2cccc(Br)c2)sc1C(C)(C)CCN. The monoisotopic (exact) mass is 338 g/mol. The fourth-order valence-electron chi connectivity index (χ4n) is 2.24. The zero-order valence-corrected chi connectivity index (χ0v) is 13.9. The maximum atomic E-state index is 5.72. The highest BCUT2D eigenvalue weighted by Gasteiger charge is 2.25. The normalized spacial score (nSPS) is 11.8. The van der Waals surface area contributed by atoms with E-state index < -0.39 is 0 Å². The number of benzene rings is 1. The number of nitrogens with two attached hydrogens (primary N) is 1. The first-order chi connectivity index (χ1) is 8.94. The fourth-order valence-corrected chi connectivity index (χ4v) is 3.84. The molecule has 0 aliphatic rings. The van der Waals surface area contributed by atoms with Crippen LogP contribution in [0, 0.1) is 6.92 Å². The molecule has 1 aromatic heterocycles. The number of rotatable bonds is 4. The van der Waals surface area contributed by atoms with Gasteiger partial charge in [-0.05, 0) is 32.0 Å². The van der Waals surface area contributed by atoms with Gasteiger partial charge in [0.05, 0.1) is 5.69 Å². The Hall–Kier alpha value is -0.710. The molecule has 0 saturated carbocycles. The van der Waals surface area contributed by atoms with Gasteiger partial charge in [-0.25, -0.2) is 4.98 Å². The van der Waals surface area contributed by atoms with Crippen LogP contribution in [0.2, 0.25) is 0 Å². The smallest absolute Gasteiger partial charge is 0.123 e. The summed E-state index contributed by atoms with van der Waals surface area (Å²) in [5.41, 5.74) is 8.10. The van der Waals surface area contributed by atoms with E-state index in [1.807, 2.05) is 12.1 Å². The van der Waals surface area contributed by atoms with Crippen molar-refractivity contribution in [1.29, 1.82) is 0 Å². The van der Waals surface area contributed by atoms with E-state index in [1.165, 1.54) is 4.88 Å². The van der Waals surface area contributed by atoms with E-state index in [0.717, 1.165) is 27.2 Å². The van der Waals surface area contributed by atoms with Gasteiger partial charge in [0.1, 0.15) is 5.01 Å². The topological polar surface area (TPSA) is 38.9 Å². The zero-order chi connectivity index (χ0) is 14.0. The number of aromatic nitrogens is 1. The maximum absolute atomic E-state index is 5.72. The van der Waals surface area contributed by atoms with Crippen LogP contribution in [-0.2, 0) is 5.41 Å². The van der Waals surface area contributed by atoms with Crippen LogP contribution < -0.4 is 5.73 Å². The summed E-state index contributed by atoms with van der Waals surface area (Å²) >= 11 is 5.29. The summed E-state index contributed by atoms with van der Waals surface area (Å²) in [5.74, 6) is 0. The summed E-state index contributed by atoms with van der Waals surface area (Å²) in [4.78, 5) is 6.07. The molecule has 102 valence electrons. The zero-order valence-electron chi connectivity index (χ0n) is 11.5. The number of aryl methyl sites for hydroxylation is 1. The second kappa shape index (κ2) is 5.73. The molecule has 2 aromatic rings. The fraction of sp³-hybridized carbons (Fsp3) is 0.400. The van der Waals surface area contributed by atoms with Crippen LogP contribution in [0.1, 0.15) is 30.8 Å². The van der Waals surface area contributed by atoms with Crippen LogP contribution in [0.5, 0.6) is 0 Å². The Morgan fingerprint density at radius 1 is 1.37 bits per heavy atom. The number of hydrogen-bond donors (Lipinski definition) is 1. The van der Waals surface area contributed by atoms with E-state index >= 15 is 0 Å². The number of thiazole rings is 1.